The SMILES string of the molecule is CCC(C(=O)O)S(=O)c1ccc2c(c1)C(O)NC2c1ccccc1C(=N)N. The number of nitrogens with one attached hydrogen (secondary N) is 2. The number of benzene rings is 2. The topological polar surface area (TPSA) is 136 Å². The van der Waals surface area contributed by atoms with Gasteiger partial charge >= 0.3 is 5.97 Å². The number of nitrogens with two attached hydrogens (primary N) is 1. The largest absolute Gasteiger partial charge is 0.480 e. The van der Waals surface area contributed by atoms with Gasteiger partial charge in [-0.25, -0.2) is 0 Å². The Morgan fingerprint density at radius 2 is 1.96 bits per heavy atom. The number of carbonyl (C=O) groups is 1. The fourth-order valence-electron chi connectivity index (χ4n) is 3.35. The van der Waals surface area contributed by atoms with Gasteiger partial charge in [-0.2, -0.15) is 0 Å². The van der Waals surface area contributed by atoms with Gasteiger partial charge in [-0.1, -0.05) is 37.3 Å². The second kappa shape index (κ2) is 7.59. The molecule has 0 spiro atoms. The average Bonchev–Trinajstić information content (AvgIpc) is 2.98. The van der Waals surface area contributed by atoms with Crippen molar-refractivity contribution in [3.63, 3.8) is 0 Å². The standard InChI is InChI=1S/C19H21N3O4S/c1-2-15(19(24)25)27(26)10-7-8-12-14(9-10)18(23)22-16(12)11-5-3-4-6-13(11)17(20)21/h3-9,15-16,18,22-23H,2H2,1H3,(H3,20,21)(H,24,25). The summed E-state index contributed by atoms with van der Waals surface area (Å²) >= 11 is 0. The molecular formula is C19H21N3O4S. The maximum atomic E-state index is 12.6. The van der Waals surface area contributed by atoms with Gasteiger partial charge in [0.2, 0.25) is 0 Å². The lowest BCUT2D eigenvalue weighted by Gasteiger charge is -2.17. The van der Waals surface area contributed by atoms with Gasteiger partial charge in [0.15, 0.2) is 0 Å². The second-order valence-electron chi connectivity index (χ2n) is 6.33. The molecule has 0 fully saturated rings. The van der Waals surface area contributed by atoms with Crippen molar-refractivity contribution in [2.24, 2.45) is 5.73 Å². The van der Waals surface area contributed by atoms with Crippen LogP contribution in [0.3, 0.4) is 0 Å². The van der Waals surface area contributed by atoms with Gasteiger partial charge in [0.05, 0.1) is 16.8 Å². The molecular weight excluding hydrogens is 366 g/mol. The lowest BCUT2D eigenvalue weighted by Crippen LogP contribution is -2.24. The van der Waals surface area contributed by atoms with Gasteiger partial charge in [-0.05, 0) is 29.7 Å². The van der Waals surface area contributed by atoms with Crippen molar-refractivity contribution in [1.82, 2.24) is 5.32 Å². The predicted molar refractivity (Wildman–Crippen MR) is 102 cm³/mol. The minimum atomic E-state index is -1.72. The molecule has 2 aromatic carbocycles. The molecule has 8 heteroatoms. The van der Waals surface area contributed by atoms with Crippen LogP contribution in [0.2, 0.25) is 0 Å². The molecule has 6 N–H and O–H groups in total. The first-order valence-electron chi connectivity index (χ1n) is 8.49. The van der Waals surface area contributed by atoms with Crippen LogP contribution in [0, 0.1) is 5.41 Å². The van der Waals surface area contributed by atoms with E-state index in [4.69, 9.17) is 11.1 Å². The number of carboxylic acids is 1. The molecule has 1 heterocycles. The minimum absolute atomic E-state index is 0.0692. The molecule has 0 aromatic heterocycles. The summed E-state index contributed by atoms with van der Waals surface area (Å²) < 4.78 is 12.6. The first-order valence-corrected chi connectivity index (χ1v) is 9.71. The third-order valence-electron chi connectivity index (χ3n) is 4.69. The number of hydrogen-bond acceptors (Lipinski definition) is 5. The molecule has 0 saturated carbocycles. The summed E-state index contributed by atoms with van der Waals surface area (Å²) in [4.78, 5) is 11.7. The van der Waals surface area contributed by atoms with Gasteiger partial charge in [0.1, 0.15) is 17.3 Å². The second-order valence-corrected chi connectivity index (χ2v) is 7.96. The number of amidine groups is 1. The molecule has 27 heavy (non-hydrogen) atoms. The highest BCUT2D eigenvalue weighted by molar-refractivity contribution is 7.86. The molecule has 0 saturated heterocycles. The fraction of sp³-hybridized carbons (Fsp3) is 0.263. The Morgan fingerprint density at radius 3 is 2.59 bits per heavy atom. The first-order chi connectivity index (χ1) is 12.8. The van der Waals surface area contributed by atoms with Crippen LogP contribution >= 0.6 is 0 Å². The lowest BCUT2D eigenvalue weighted by atomic mass is 9.94. The van der Waals surface area contributed by atoms with E-state index in [-0.39, 0.29) is 18.3 Å². The number of aliphatic hydroxyl groups is 1. The summed E-state index contributed by atoms with van der Waals surface area (Å²) in [5.74, 6) is -1.18. The Labute approximate surface area is 159 Å². The Balaban J connectivity index is 2.02. The van der Waals surface area contributed by atoms with E-state index < -0.39 is 28.2 Å². The Kier molecular flexibility index (Phi) is 5.41. The van der Waals surface area contributed by atoms with E-state index in [1.807, 2.05) is 12.1 Å². The quantitative estimate of drug-likeness (QED) is 0.377. The van der Waals surface area contributed by atoms with Crippen LogP contribution in [0.5, 0.6) is 0 Å². The molecule has 0 aliphatic carbocycles. The summed E-state index contributed by atoms with van der Waals surface area (Å²) in [5.41, 5.74) is 8.33. The van der Waals surface area contributed by atoms with E-state index in [1.54, 1.807) is 37.3 Å². The van der Waals surface area contributed by atoms with E-state index in [9.17, 15) is 19.2 Å². The third-order valence-corrected chi connectivity index (χ3v) is 6.46. The Hall–Kier alpha value is -2.55. The predicted octanol–water partition coefficient (Wildman–Crippen LogP) is 1.62. The van der Waals surface area contributed by atoms with E-state index in [1.165, 1.54) is 0 Å². The van der Waals surface area contributed by atoms with Crippen LogP contribution in [-0.2, 0) is 15.6 Å². The van der Waals surface area contributed by atoms with Gasteiger partial charge in [-0.15, -0.1) is 0 Å². The highest BCUT2D eigenvalue weighted by atomic mass is 32.2. The Bertz CT molecular complexity index is 931. The molecule has 142 valence electrons. The zero-order valence-corrected chi connectivity index (χ0v) is 15.5. The number of aliphatic hydroxyl groups excluding tert-OH is 1. The number of nitrogen functional groups attached to an aromatic ring is 1. The number of rotatable bonds is 6. The number of aliphatic carboxylic acids is 1. The summed E-state index contributed by atoms with van der Waals surface area (Å²) in [6.45, 7) is 1.68. The molecule has 4 unspecified atom stereocenters. The van der Waals surface area contributed by atoms with Crippen LogP contribution < -0.4 is 11.1 Å². The van der Waals surface area contributed by atoms with Crippen LogP contribution in [0.4, 0.5) is 0 Å². The van der Waals surface area contributed by atoms with Crippen LogP contribution in [-0.4, -0.2) is 31.5 Å². The van der Waals surface area contributed by atoms with E-state index >= 15 is 0 Å². The van der Waals surface area contributed by atoms with Gasteiger partial charge in [0, 0.05) is 16.0 Å². The average molecular weight is 387 g/mol. The van der Waals surface area contributed by atoms with Crippen molar-refractivity contribution in [2.45, 2.75) is 35.8 Å². The molecule has 0 bridgehead atoms. The van der Waals surface area contributed by atoms with Crippen molar-refractivity contribution in [3.05, 3.63) is 64.7 Å². The maximum Gasteiger partial charge on any atom is 0.319 e. The molecule has 0 amide bonds. The monoisotopic (exact) mass is 387 g/mol. The van der Waals surface area contributed by atoms with E-state index in [2.05, 4.69) is 5.32 Å². The summed E-state index contributed by atoms with van der Waals surface area (Å²) in [6, 6.07) is 11.8. The number of carboxylic acid groups (broad SMARTS) is 1. The van der Waals surface area contributed by atoms with Crippen molar-refractivity contribution in [2.75, 3.05) is 0 Å². The molecule has 7 nitrogen and oxygen atoms in total. The van der Waals surface area contributed by atoms with Crippen molar-refractivity contribution in [1.29, 1.82) is 5.41 Å². The van der Waals surface area contributed by atoms with Gasteiger partial charge in [0.25, 0.3) is 0 Å². The zero-order chi connectivity index (χ0) is 19.7. The highest BCUT2D eigenvalue weighted by Gasteiger charge is 2.33. The van der Waals surface area contributed by atoms with Gasteiger partial charge < -0.3 is 15.9 Å². The maximum absolute atomic E-state index is 12.6. The zero-order valence-electron chi connectivity index (χ0n) is 14.7. The summed E-state index contributed by atoms with van der Waals surface area (Å²) in [6.07, 6.45) is -0.749. The summed E-state index contributed by atoms with van der Waals surface area (Å²) in [5, 5.41) is 29.5. The third kappa shape index (κ3) is 3.51. The molecule has 1 aliphatic rings. The normalized spacial score (nSPS) is 20.7. The highest BCUT2D eigenvalue weighted by Crippen LogP contribution is 2.38. The molecule has 4 atom stereocenters. The van der Waals surface area contributed by atoms with Crippen LogP contribution in [0.15, 0.2) is 47.4 Å². The molecule has 0 radical (unpaired) electrons. The van der Waals surface area contributed by atoms with Crippen molar-refractivity contribution in [3.8, 4) is 0 Å². The number of fused-ring (bicyclic) bond motifs is 1. The first kappa shape index (κ1) is 19.2. The van der Waals surface area contributed by atoms with E-state index in [0.717, 1.165) is 11.1 Å². The van der Waals surface area contributed by atoms with E-state index in [0.29, 0.717) is 16.0 Å². The lowest BCUT2D eigenvalue weighted by molar-refractivity contribution is -0.136. The fourth-order valence-corrected chi connectivity index (χ4v) is 4.61. The molecule has 3 rings (SSSR count). The smallest absolute Gasteiger partial charge is 0.319 e. The van der Waals surface area contributed by atoms with Crippen molar-refractivity contribution < 1.29 is 19.2 Å². The molecule has 2 aromatic rings. The van der Waals surface area contributed by atoms with Crippen molar-refractivity contribution >= 4 is 22.6 Å². The minimum Gasteiger partial charge on any atom is -0.480 e. The molecule has 1 aliphatic heterocycles. The Morgan fingerprint density at radius 1 is 1.26 bits per heavy atom. The van der Waals surface area contributed by atoms with Crippen LogP contribution in [0.1, 0.15) is 47.9 Å². The summed E-state index contributed by atoms with van der Waals surface area (Å²) in [7, 11) is -1.72. The number of hydrogen-bond donors (Lipinski definition) is 5. The van der Waals surface area contributed by atoms with Crippen LogP contribution in [0.25, 0.3) is 0 Å². The van der Waals surface area contributed by atoms with Gasteiger partial charge in [-0.3, -0.25) is 19.7 Å².